The molecular weight excluding hydrogens is 208 g/mol. The highest BCUT2D eigenvalue weighted by atomic mass is 35.5. The molecule has 1 aromatic carbocycles. The molecule has 0 N–H and O–H groups in total. The molecule has 0 aliphatic rings. The van der Waals surface area contributed by atoms with Crippen molar-refractivity contribution in [1.82, 2.24) is 0 Å². The molecule has 0 bridgehead atoms. The van der Waals surface area contributed by atoms with Gasteiger partial charge in [-0.2, -0.15) is 12.6 Å². The van der Waals surface area contributed by atoms with Crippen molar-refractivity contribution < 1.29 is 0 Å². The molecular formula is C9H11ClS2. The molecule has 1 aromatic rings. The molecule has 12 heavy (non-hydrogen) atoms. The Morgan fingerprint density at radius 1 is 1.50 bits per heavy atom. The second-order valence-electron chi connectivity index (χ2n) is 2.48. The predicted octanol–water partition coefficient (Wildman–Crippen LogP) is 3.67. The maximum absolute atomic E-state index is 5.89. The van der Waals surface area contributed by atoms with Crippen molar-refractivity contribution in [3.63, 3.8) is 0 Å². The standard InChI is InChI=1S/C9H11ClS2/c1-7-6-8(12-5-4-11)2-3-9(7)10/h2-3,6,11H,4-5H2,1H3. The van der Waals surface area contributed by atoms with E-state index in [1.807, 2.05) is 30.8 Å². The quantitative estimate of drug-likeness (QED) is 0.597. The predicted molar refractivity (Wildman–Crippen MR) is 60.8 cm³/mol. The lowest BCUT2D eigenvalue weighted by molar-refractivity contribution is 1.35. The van der Waals surface area contributed by atoms with E-state index >= 15 is 0 Å². The molecule has 66 valence electrons. The number of hydrogen-bond acceptors (Lipinski definition) is 2. The summed E-state index contributed by atoms with van der Waals surface area (Å²) in [5.41, 5.74) is 1.14. The zero-order valence-corrected chi connectivity index (χ0v) is 9.35. The molecule has 0 fully saturated rings. The second-order valence-corrected chi connectivity index (χ2v) is 4.51. The van der Waals surface area contributed by atoms with Gasteiger partial charge in [0.25, 0.3) is 0 Å². The van der Waals surface area contributed by atoms with Crippen LogP contribution in [0.25, 0.3) is 0 Å². The number of benzene rings is 1. The van der Waals surface area contributed by atoms with Gasteiger partial charge in [0, 0.05) is 15.7 Å². The van der Waals surface area contributed by atoms with Crippen LogP contribution in [0.15, 0.2) is 23.1 Å². The van der Waals surface area contributed by atoms with Gasteiger partial charge in [-0.3, -0.25) is 0 Å². The summed E-state index contributed by atoms with van der Waals surface area (Å²) in [6.45, 7) is 2.02. The van der Waals surface area contributed by atoms with Crippen LogP contribution in [0.4, 0.5) is 0 Å². The first-order chi connectivity index (χ1) is 5.74. The summed E-state index contributed by atoms with van der Waals surface area (Å²) in [7, 11) is 0. The lowest BCUT2D eigenvalue weighted by atomic mass is 10.2. The molecule has 0 unspecified atom stereocenters. The van der Waals surface area contributed by atoms with E-state index in [1.165, 1.54) is 4.90 Å². The average molecular weight is 219 g/mol. The smallest absolute Gasteiger partial charge is 0.0435 e. The van der Waals surface area contributed by atoms with E-state index in [1.54, 1.807) is 0 Å². The van der Waals surface area contributed by atoms with Gasteiger partial charge in [-0.1, -0.05) is 11.6 Å². The number of thiol groups is 1. The number of rotatable bonds is 3. The maximum atomic E-state index is 5.89. The third-order valence-corrected chi connectivity index (χ3v) is 3.44. The lowest BCUT2D eigenvalue weighted by Crippen LogP contribution is -1.81. The Labute approximate surface area is 88.1 Å². The van der Waals surface area contributed by atoms with E-state index in [0.29, 0.717) is 0 Å². The van der Waals surface area contributed by atoms with Crippen LogP contribution in [0.1, 0.15) is 5.56 Å². The highest BCUT2D eigenvalue weighted by Gasteiger charge is 1.97. The molecule has 0 saturated heterocycles. The van der Waals surface area contributed by atoms with Crippen molar-refractivity contribution in [3.8, 4) is 0 Å². The maximum Gasteiger partial charge on any atom is 0.0435 e. The minimum absolute atomic E-state index is 0.838. The molecule has 0 amide bonds. The van der Waals surface area contributed by atoms with Crippen LogP contribution in [0.5, 0.6) is 0 Å². The summed E-state index contributed by atoms with van der Waals surface area (Å²) >= 11 is 11.8. The first-order valence-corrected chi connectivity index (χ1v) is 5.73. The largest absolute Gasteiger partial charge is 0.178 e. The molecule has 0 atom stereocenters. The third-order valence-electron chi connectivity index (χ3n) is 1.49. The average Bonchev–Trinajstić information content (AvgIpc) is 2.07. The van der Waals surface area contributed by atoms with Crippen molar-refractivity contribution in [2.24, 2.45) is 0 Å². The third kappa shape index (κ3) is 2.92. The molecule has 0 radical (unpaired) electrons. The minimum atomic E-state index is 0.838. The van der Waals surface area contributed by atoms with Crippen molar-refractivity contribution in [3.05, 3.63) is 28.8 Å². The first-order valence-electron chi connectivity index (χ1n) is 3.74. The molecule has 0 aliphatic heterocycles. The Balaban J connectivity index is 2.69. The Hall–Kier alpha value is 0.210. The van der Waals surface area contributed by atoms with Crippen molar-refractivity contribution >= 4 is 36.0 Å². The highest BCUT2D eigenvalue weighted by molar-refractivity contribution is 8.00. The van der Waals surface area contributed by atoms with E-state index in [4.69, 9.17) is 11.6 Å². The molecule has 1 rings (SSSR count). The Morgan fingerprint density at radius 2 is 2.25 bits per heavy atom. The summed E-state index contributed by atoms with van der Waals surface area (Å²) in [4.78, 5) is 1.27. The van der Waals surface area contributed by atoms with E-state index in [-0.39, 0.29) is 0 Å². The van der Waals surface area contributed by atoms with Crippen LogP contribution in [0, 0.1) is 6.92 Å². The van der Waals surface area contributed by atoms with Gasteiger partial charge >= 0.3 is 0 Å². The second kappa shape index (κ2) is 5.05. The van der Waals surface area contributed by atoms with Crippen LogP contribution < -0.4 is 0 Å². The zero-order valence-electron chi connectivity index (χ0n) is 6.88. The molecule has 0 heterocycles. The van der Waals surface area contributed by atoms with Gasteiger partial charge < -0.3 is 0 Å². The molecule has 0 aliphatic carbocycles. The number of thioether (sulfide) groups is 1. The van der Waals surface area contributed by atoms with Crippen molar-refractivity contribution in [2.45, 2.75) is 11.8 Å². The molecule has 3 heteroatoms. The number of aryl methyl sites for hydroxylation is 1. The van der Waals surface area contributed by atoms with E-state index in [9.17, 15) is 0 Å². The van der Waals surface area contributed by atoms with Gasteiger partial charge in [-0.15, -0.1) is 11.8 Å². The van der Waals surface area contributed by atoms with Crippen LogP contribution in [0.3, 0.4) is 0 Å². The number of halogens is 1. The van der Waals surface area contributed by atoms with Crippen molar-refractivity contribution in [1.29, 1.82) is 0 Å². The SMILES string of the molecule is Cc1cc(SCCS)ccc1Cl. The monoisotopic (exact) mass is 218 g/mol. The Morgan fingerprint density at radius 3 is 2.83 bits per heavy atom. The van der Waals surface area contributed by atoms with Gasteiger partial charge in [0.05, 0.1) is 0 Å². The van der Waals surface area contributed by atoms with E-state index in [2.05, 4.69) is 18.7 Å². The highest BCUT2D eigenvalue weighted by Crippen LogP contribution is 2.23. The van der Waals surface area contributed by atoms with Crippen LogP contribution in [-0.4, -0.2) is 11.5 Å². The molecule has 0 saturated carbocycles. The fourth-order valence-corrected chi connectivity index (χ4v) is 2.01. The Kier molecular flexibility index (Phi) is 4.33. The Bertz CT molecular complexity index is 261. The topological polar surface area (TPSA) is 0 Å². The fraction of sp³-hybridized carbons (Fsp3) is 0.333. The van der Waals surface area contributed by atoms with E-state index < -0.39 is 0 Å². The van der Waals surface area contributed by atoms with Crippen LogP contribution >= 0.6 is 36.0 Å². The van der Waals surface area contributed by atoms with Crippen LogP contribution in [0.2, 0.25) is 5.02 Å². The van der Waals surface area contributed by atoms with E-state index in [0.717, 1.165) is 22.1 Å². The first kappa shape index (κ1) is 10.3. The summed E-state index contributed by atoms with van der Waals surface area (Å²) in [5.74, 6) is 1.95. The van der Waals surface area contributed by atoms with Gasteiger partial charge in [-0.05, 0) is 36.4 Å². The van der Waals surface area contributed by atoms with Gasteiger partial charge in [0.2, 0.25) is 0 Å². The summed E-state index contributed by atoms with van der Waals surface area (Å²) in [6.07, 6.45) is 0. The van der Waals surface area contributed by atoms with Crippen molar-refractivity contribution in [2.75, 3.05) is 11.5 Å². The normalized spacial score (nSPS) is 10.2. The minimum Gasteiger partial charge on any atom is -0.178 e. The molecule has 0 aromatic heterocycles. The fourth-order valence-electron chi connectivity index (χ4n) is 0.870. The lowest BCUT2D eigenvalue weighted by Gasteiger charge is -2.02. The number of hydrogen-bond donors (Lipinski definition) is 1. The van der Waals surface area contributed by atoms with Crippen LogP contribution in [-0.2, 0) is 0 Å². The summed E-state index contributed by atoms with van der Waals surface area (Å²) < 4.78 is 0. The summed E-state index contributed by atoms with van der Waals surface area (Å²) in [6, 6.07) is 6.09. The van der Waals surface area contributed by atoms with Gasteiger partial charge in [-0.25, -0.2) is 0 Å². The van der Waals surface area contributed by atoms with Gasteiger partial charge in [0.1, 0.15) is 0 Å². The summed E-state index contributed by atoms with van der Waals surface area (Å²) in [5, 5.41) is 0.838. The molecule has 0 spiro atoms. The zero-order chi connectivity index (χ0) is 8.97. The molecule has 0 nitrogen and oxygen atoms in total. The van der Waals surface area contributed by atoms with Gasteiger partial charge in [0.15, 0.2) is 0 Å².